The van der Waals surface area contributed by atoms with Gasteiger partial charge in [-0.05, 0) is 0 Å². The van der Waals surface area contributed by atoms with Gasteiger partial charge in [-0.25, -0.2) is 4.79 Å². The molecule has 0 aromatic heterocycles. The fourth-order valence-electron chi connectivity index (χ4n) is 0.747. The summed E-state index contributed by atoms with van der Waals surface area (Å²) in [5, 5.41) is 16.9. The van der Waals surface area contributed by atoms with Crippen LogP contribution in [0.5, 0.6) is 0 Å². The Kier molecular flexibility index (Phi) is 5.10. The lowest BCUT2D eigenvalue weighted by Crippen LogP contribution is -3.15. The highest BCUT2D eigenvalue weighted by Gasteiger charge is 2.11. The molecule has 0 heterocycles. The van der Waals surface area contributed by atoms with Gasteiger partial charge in [0.15, 0.2) is 0 Å². The van der Waals surface area contributed by atoms with Crippen LogP contribution in [0.3, 0.4) is 0 Å². The molecular formula is C6H14NO3+. The molecule has 0 atom stereocenters. The first-order valence-corrected chi connectivity index (χ1v) is 3.29. The predicted octanol–water partition coefficient (Wildman–Crippen LogP) is -2.60. The van der Waals surface area contributed by atoms with Crippen molar-refractivity contribution in [2.45, 2.75) is 6.92 Å². The lowest BCUT2D eigenvalue weighted by atomic mass is 10.4. The minimum absolute atomic E-state index is 0.0189. The van der Waals surface area contributed by atoms with Crippen molar-refractivity contribution in [3.8, 4) is 0 Å². The van der Waals surface area contributed by atoms with E-state index >= 15 is 0 Å². The van der Waals surface area contributed by atoms with Crippen LogP contribution in [0.2, 0.25) is 0 Å². The smallest absolute Gasteiger partial charge is 0.309 e. The van der Waals surface area contributed by atoms with Crippen molar-refractivity contribution in [3.05, 3.63) is 0 Å². The van der Waals surface area contributed by atoms with Crippen LogP contribution in [0.4, 0.5) is 0 Å². The van der Waals surface area contributed by atoms with Gasteiger partial charge in [0.2, 0.25) is 0 Å². The van der Waals surface area contributed by atoms with E-state index in [0.29, 0.717) is 18.0 Å². The van der Waals surface area contributed by atoms with Gasteiger partial charge in [-0.15, -0.1) is 0 Å². The van der Waals surface area contributed by atoms with E-state index in [1.807, 2.05) is 0 Å². The fraction of sp³-hybridized carbons (Fsp3) is 0.833. The summed E-state index contributed by atoms with van der Waals surface area (Å²) in [7, 11) is 0. The second-order valence-corrected chi connectivity index (χ2v) is 2.11. The molecule has 0 aliphatic rings. The van der Waals surface area contributed by atoms with E-state index in [-0.39, 0.29) is 19.1 Å². The molecule has 0 aromatic rings. The van der Waals surface area contributed by atoms with E-state index in [0.717, 1.165) is 0 Å². The number of aliphatic hydroxyl groups is 2. The third-order valence-corrected chi connectivity index (χ3v) is 1.33. The van der Waals surface area contributed by atoms with Crippen molar-refractivity contribution in [2.24, 2.45) is 0 Å². The van der Waals surface area contributed by atoms with Gasteiger partial charge in [0, 0.05) is 0 Å². The number of aliphatic hydroxyl groups excluding tert-OH is 2. The number of carbonyl (C=O) groups is 1. The highest BCUT2D eigenvalue weighted by Crippen LogP contribution is 1.54. The van der Waals surface area contributed by atoms with E-state index in [9.17, 15) is 4.79 Å². The van der Waals surface area contributed by atoms with Gasteiger partial charge in [0.1, 0.15) is 13.1 Å². The van der Waals surface area contributed by atoms with E-state index in [2.05, 4.69) is 0 Å². The molecule has 0 saturated carbocycles. The summed E-state index contributed by atoms with van der Waals surface area (Å²) in [5.41, 5.74) is 0. The van der Waals surface area contributed by atoms with Crippen LogP contribution >= 0.6 is 0 Å². The zero-order valence-electron chi connectivity index (χ0n) is 6.13. The Morgan fingerprint density at radius 3 is 1.90 bits per heavy atom. The third-order valence-electron chi connectivity index (χ3n) is 1.33. The van der Waals surface area contributed by atoms with Gasteiger partial charge >= 0.3 is 5.91 Å². The Bertz CT molecular complexity index is 99.2. The van der Waals surface area contributed by atoms with Crippen molar-refractivity contribution < 1.29 is 19.9 Å². The van der Waals surface area contributed by atoms with Crippen LogP contribution in [-0.2, 0) is 4.79 Å². The Balaban J connectivity index is 3.61. The van der Waals surface area contributed by atoms with E-state index < -0.39 is 0 Å². The van der Waals surface area contributed by atoms with E-state index in [1.165, 1.54) is 6.92 Å². The third kappa shape index (κ3) is 3.55. The SMILES string of the molecule is CC(=O)[NH+](CCO)CCO. The molecule has 0 aromatic carbocycles. The van der Waals surface area contributed by atoms with Gasteiger partial charge in [0.25, 0.3) is 0 Å². The van der Waals surface area contributed by atoms with Crippen LogP contribution in [0, 0.1) is 0 Å². The number of amides is 1. The molecule has 0 fully saturated rings. The van der Waals surface area contributed by atoms with Crippen molar-refractivity contribution in [3.63, 3.8) is 0 Å². The number of nitrogens with one attached hydrogen (secondary N) is 1. The monoisotopic (exact) mass is 148 g/mol. The molecular weight excluding hydrogens is 134 g/mol. The summed E-state index contributed by atoms with van der Waals surface area (Å²) < 4.78 is 0. The maximum Gasteiger partial charge on any atom is 0.309 e. The van der Waals surface area contributed by atoms with E-state index in [4.69, 9.17) is 10.2 Å². The number of quaternary nitrogens is 1. The molecule has 0 spiro atoms. The van der Waals surface area contributed by atoms with Crippen LogP contribution in [0.1, 0.15) is 6.92 Å². The molecule has 0 unspecified atom stereocenters. The summed E-state index contributed by atoms with van der Waals surface area (Å²) in [4.78, 5) is 11.3. The van der Waals surface area contributed by atoms with Gasteiger partial charge in [-0.1, -0.05) is 0 Å². The van der Waals surface area contributed by atoms with Crippen LogP contribution in [-0.4, -0.2) is 42.4 Å². The first-order valence-electron chi connectivity index (χ1n) is 3.29. The molecule has 4 heteroatoms. The quantitative estimate of drug-likeness (QED) is 0.410. The van der Waals surface area contributed by atoms with Crippen molar-refractivity contribution in [1.29, 1.82) is 0 Å². The van der Waals surface area contributed by atoms with Gasteiger partial charge in [-0.3, -0.25) is 4.90 Å². The molecule has 0 aliphatic carbocycles. The van der Waals surface area contributed by atoms with Gasteiger partial charge < -0.3 is 10.2 Å². The van der Waals surface area contributed by atoms with Gasteiger partial charge in [-0.2, -0.15) is 0 Å². The Hall–Kier alpha value is -0.450. The Morgan fingerprint density at radius 1 is 1.30 bits per heavy atom. The molecule has 4 nitrogen and oxygen atoms in total. The average Bonchev–Trinajstić information content (AvgIpc) is 1.87. The maximum absolute atomic E-state index is 10.7. The van der Waals surface area contributed by atoms with Crippen LogP contribution in [0.25, 0.3) is 0 Å². The summed E-state index contributed by atoms with van der Waals surface area (Å²) in [6, 6.07) is 0. The second-order valence-electron chi connectivity index (χ2n) is 2.11. The summed E-state index contributed by atoms with van der Waals surface area (Å²) in [6.07, 6.45) is 0. The molecule has 0 aliphatic heterocycles. The normalized spacial score (nSPS) is 10.4. The number of rotatable bonds is 4. The molecule has 0 radical (unpaired) electrons. The zero-order valence-corrected chi connectivity index (χ0v) is 6.13. The molecule has 10 heavy (non-hydrogen) atoms. The molecule has 60 valence electrons. The zero-order chi connectivity index (χ0) is 7.98. The summed E-state index contributed by atoms with van der Waals surface area (Å²) in [5.74, 6) is -0.0388. The summed E-state index contributed by atoms with van der Waals surface area (Å²) in [6.45, 7) is 2.18. The topological polar surface area (TPSA) is 62.0 Å². The first kappa shape index (κ1) is 9.55. The number of hydrogen-bond donors (Lipinski definition) is 3. The molecule has 0 rings (SSSR count). The highest BCUT2D eigenvalue weighted by molar-refractivity contribution is 5.62. The minimum atomic E-state index is -0.0388. The Morgan fingerprint density at radius 2 is 1.70 bits per heavy atom. The summed E-state index contributed by atoms with van der Waals surface area (Å²) >= 11 is 0. The lowest BCUT2D eigenvalue weighted by molar-refractivity contribution is -0.821. The Labute approximate surface area is 60.1 Å². The predicted molar refractivity (Wildman–Crippen MR) is 35.5 cm³/mol. The standard InChI is InChI=1S/C6H13NO3/c1-6(10)7(2-4-8)3-5-9/h8-9H,2-5H2,1H3/p+1. The molecule has 0 bridgehead atoms. The van der Waals surface area contributed by atoms with Crippen LogP contribution in [0.15, 0.2) is 0 Å². The minimum Gasteiger partial charge on any atom is -0.390 e. The molecule has 3 N–H and O–H groups in total. The second kappa shape index (κ2) is 5.34. The fourth-order valence-corrected chi connectivity index (χ4v) is 0.747. The lowest BCUT2D eigenvalue weighted by Gasteiger charge is -2.11. The van der Waals surface area contributed by atoms with Gasteiger partial charge in [0.05, 0.1) is 20.1 Å². The van der Waals surface area contributed by atoms with E-state index in [1.54, 1.807) is 0 Å². The van der Waals surface area contributed by atoms with Crippen molar-refractivity contribution >= 4 is 5.91 Å². The van der Waals surface area contributed by atoms with Crippen molar-refractivity contribution in [2.75, 3.05) is 26.3 Å². The highest BCUT2D eigenvalue weighted by atomic mass is 16.3. The number of carbonyl (C=O) groups excluding carboxylic acids is 1. The van der Waals surface area contributed by atoms with Crippen molar-refractivity contribution in [1.82, 2.24) is 0 Å². The number of hydrogen-bond acceptors (Lipinski definition) is 3. The molecule has 1 amide bonds. The maximum atomic E-state index is 10.7. The largest absolute Gasteiger partial charge is 0.390 e. The van der Waals surface area contributed by atoms with Crippen LogP contribution < -0.4 is 4.90 Å². The average molecular weight is 148 g/mol. The molecule has 0 saturated heterocycles. The first-order chi connectivity index (χ1) is 4.72.